The Hall–Kier alpha value is -10.1. The van der Waals surface area contributed by atoms with E-state index in [1.54, 1.807) is 35.2 Å². The topological polar surface area (TPSA) is 274 Å². The molecule has 2 saturated heterocycles. The molecule has 2 fully saturated rings. The summed E-state index contributed by atoms with van der Waals surface area (Å²) in [6.07, 6.45) is 9.55. The fourth-order valence-electron chi connectivity index (χ4n) is 12.2. The van der Waals surface area contributed by atoms with Crippen LogP contribution < -0.4 is 53.8 Å². The number of nitrogens with one attached hydrogen (secondary N) is 3. The third-order valence-electron chi connectivity index (χ3n) is 17.3. The van der Waals surface area contributed by atoms with Crippen LogP contribution in [0.25, 0.3) is 78.0 Å². The van der Waals surface area contributed by atoms with E-state index in [2.05, 4.69) is 64.7 Å². The molecule has 614 valence electrons. The van der Waals surface area contributed by atoms with Gasteiger partial charge in [0, 0.05) is 134 Å². The van der Waals surface area contributed by atoms with Crippen LogP contribution in [0.1, 0.15) is 110 Å². The van der Waals surface area contributed by atoms with E-state index in [1.807, 2.05) is 193 Å². The summed E-state index contributed by atoms with van der Waals surface area (Å²) in [6, 6.07) is 30.2. The lowest BCUT2D eigenvalue weighted by Crippen LogP contribution is -2.38. The molecule has 2 aliphatic heterocycles. The molecule has 8 aromatic heterocycles. The molecule has 0 spiro atoms. The van der Waals surface area contributed by atoms with Crippen LogP contribution in [-0.4, -0.2) is 194 Å². The third-order valence-corrected chi connectivity index (χ3v) is 18.4. The predicted molar refractivity (Wildman–Crippen MR) is 454 cm³/mol. The average molecular weight is 1640 g/mol. The molecule has 4 aromatic carbocycles. The minimum absolute atomic E-state index is 0.00345. The Morgan fingerprint density at radius 2 is 0.878 bits per heavy atom. The lowest BCUT2D eigenvalue weighted by molar-refractivity contribution is 0.0322. The van der Waals surface area contributed by atoms with Crippen molar-refractivity contribution in [3.63, 3.8) is 0 Å². The van der Waals surface area contributed by atoms with Gasteiger partial charge in [0.05, 0.1) is 98.0 Å². The summed E-state index contributed by atoms with van der Waals surface area (Å²) >= 11 is 19.8. The van der Waals surface area contributed by atoms with Gasteiger partial charge in [0.2, 0.25) is 0 Å². The van der Waals surface area contributed by atoms with Crippen LogP contribution in [0.4, 0.5) is 17.8 Å². The summed E-state index contributed by atoms with van der Waals surface area (Å²) in [7, 11) is 1.58. The van der Waals surface area contributed by atoms with E-state index < -0.39 is 0 Å². The normalized spacial score (nSPS) is 13.3. The number of anilines is 3. The number of hydrogen-bond acceptors (Lipinski definition) is 25. The maximum atomic E-state index is 6.77. The van der Waals surface area contributed by atoms with Crippen molar-refractivity contribution in [1.82, 2.24) is 59.3 Å². The van der Waals surface area contributed by atoms with Crippen LogP contribution in [0.3, 0.4) is 0 Å². The van der Waals surface area contributed by atoms with Crippen molar-refractivity contribution >= 4 is 96.3 Å². The van der Waals surface area contributed by atoms with Crippen molar-refractivity contribution in [3.05, 3.63) is 137 Å². The lowest BCUT2D eigenvalue weighted by Gasteiger charge is -2.26. The molecular formula is C85H106Cl3N15O12. The maximum absolute atomic E-state index is 6.77. The number of halogens is 3. The van der Waals surface area contributed by atoms with Gasteiger partial charge in [-0.2, -0.15) is 15.1 Å². The number of benzene rings is 4. The Balaban J connectivity index is 0.000000152. The quantitative estimate of drug-likeness (QED) is 0.0377. The SMILES string of the molecule is CC(C)Nc1ccn(-c2cc(OC(C)C)c3ccc(OCCN4CCOCC4)cc3n2)n1.CC(C)Nc1nc(-c2cc(OC(C)C)c3ccc(OCCN4CCOCC4)c(Cl)c3n2)co1.CCCOc1ccc2c(OC(C)C)cc(-c3coc(NC(C)C)n3)nc2c1Cl.COc1ccc2c(OC(C)C)cc(-n3cccn3)nc2c1Cl. The maximum Gasteiger partial charge on any atom is 0.295 e. The van der Waals surface area contributed by atoms with Gasteiger partial charge in [-0.25, -0.2) is 29.3 Å². The molecule has 10 heterocycles. The molecule has 0 amide bonds. The summed E-state index contributed by atoms with van der Waals surface area (Å²) in [5.41, 5.74) is 5.11. The number of fused-ring (bicyclic) bond motifs is 4. The van der Waals surface area contributed by atoms with E-state index in [0.29, 0.717) is 133 Å². The number of morpholine rings is 2. The summed E-state index contributed by atoms with van der Waals surface area (Å²) in [5, 5.41) is 23.3. The first-order chi connectivity index (χ1) is 55.4. The molecule has 27 nitrogen and oxygen atoms in total. The molecule has 0 radical (unpaired) electrons. The van der Waals surface area contributed by atoms with Gasteiger partial charge in [-0.15, -0.1) is 5.10 Å². The zero-order valence-corrected chi connectivity index (χ0v) is 70.7. The van der Waals surface area contributed by atoms with Gasteiger partial charge in [0.15, 0.2) is 11.6 Å². The number of hydrogen-bond donors (Lipinski definition) is 3. The second-order valence-electron chi connectivity index (χ2n) is 29.4. The Bertz CT molecular complexity index is 5120. The molecular weight excluding hydrogens is 1530 g/mol. The number of ether oxygens (including phenoxy) is 10. The molecule has 0 aliphatic carbocycles. The lowest BCUT2D eigenvalue weighted by atomic mass is 10.1. The second kappa shape index (κ2) is 40.9. The Morgan fingerprint density at radius 3 is 1.35 bits per heavy atom. The third kappa shape index (κ3) is 23.6. The van der Waals surface area contributed by atoms with Crippen LogP contribution in [0.15, 0.2) is 131 Å². The van der Waals surface area contributed by atoms with E-state index in [4.69, 9.17) is 106 Å². The highest BCUT2D eigenvalue weighted by Gasteiger charge is 2.23. The van der Waals surface area contributed by atoms with Crippen molar-refractivity contribution in [3.8, 4) is 80.4 Å². The largest absolute Gasteiger partial charge is 0.495 e. The average Bonchev–Trinajstić information content (AvgIpc) is 0.920. The van der Waals surface area contributed by atoms with Gasteiger partial charge in [0.25, 0.3) is 12.0 Å². The van der Waals surface area contributed by atoms with E-state index in [1.165, 1.54) is 0 Å². The molecule has 30 heteroatoms. The first-order valence-corrected chi connectivity index (χ1v) is 40.3. The van der Waals surface area contributed by atoms with Gasteiger partial charge < -0.3 is 72.2 Å². The van der Waals surface area contributed by atoms with Crippen LogP contribution in [0.2, 0.25) is 15.1 Å². The zero-order chi connectivity index (χ0) is 81.8. The number of oxazole rings is 2. The molecule has 115 heavy (non-hydrogen) atoms. The monoisotopic (exact) mass is 1630 g/mol. The number of pyridine rings is 4. The Kier molecular flexibility index (Phi) is 30.5. The van der Waals surface area contributed by atoms with E-state index in [-0.39, 0.29) is 36.5 Å². The van der Waals surface area contributed by atoms with Crippen molar-refractivity contribution in [2.75, 3.05) is 109 Å². The van der Waals surface area contributed by atoms with Crippen LogP contribution in [0.5, 0.6) is 46.0 Å². The number of methoxy groups -OCH3 is 1. The van der Waals surface area contributed by atoms with E-state index >= 15 is 0 Å². The van der Waals surface area contributed by atoms with Gasteiger partial charge in [0.1, 0.15) is 104 Å². The van der Waals surface area contributed by atoms with Crippen molar-refractivity contribution < 1.29 is 56.2 Å². The van der Waals surface area contributed by atoms with Gasteiger partial charge in [-0.05, 0) is 158 Å². The fraction of sp³-hybridized carbons (Fsp3) is 0.435. The second-order valence-corrected chi connectivity index (χ2v) is 30.5. The van der Waals surface area contributed by atoms with Crippen molar-refractivity contribution in [2.45, 2.75) is 153 Å². The van der Waals surface area contributed by atoms with Gasteiger partial charge >= 0.3 is 0 Å². The van der Waals surface area contributed by atoms with Crippen LogP contribution in [-0.2, 0) is 9.47 Å². The highest BCUT2D eigenvalue weighted by molar-refractivity contribution is 6.37. The summed E-state index contributed by atoms with van der Waals surface area (Å²) in [6.45, 7) is 40.5. The highest BCUT2D eigenvalue weighted by Crippen LogP contribution is 2.42. The summed E-state index contributed by atoms with van der Waals surface area (Å²) < 4.78 is 72.5. The molecule has 12 aromatic rings. The number of nitrogens with zero attached hydrogens (tertiary/aromatic N) is 12. The predicted octanol–water partition coefficient (Wildman–Crippen LogP) is 18.4. The molecule has 0 saturated carbocycles. The number of aromatic nitrogens is 10. The van der Waals surface area contributed by atoms with Crippen molar-refractivity contribution in [1.29, 1.82) is 0 Å². The van der Waals surface area contributed by atoms with E-state index in [9.17, 15) is 0 Å². The number of rotatable bonds is 30. The smallest absolute Gasteiger partial charge is 0.295 e. The molecule has 0 unspecified atom stereocenters. The molecule has 0 bridgehead atoms. The minimum Gasteiger partial charge on any atom is -0.495 e. The Labute approximate surface area is 686 Å². The van der Waals surface area contributed by atoms with E-state index in [0.717, 1.165) is 122 Å². The summed E-state index contributed by atoms with van der Waals surface area (Å²) in [5.74, 6) is 7.63. The molecule has 3 N–H and O–H groups in total. The molecule has 2 aliphatic rings. The summed E-state index contributed by atoms with van der Waals surface area (Å²) in [4.78, 5) is 32.6. The van der Waals surface area contributed by atoms with Gasteiger partial charge in [-0.1, -0.05) is 41.7 Å². The fourth-order valence-corrected chi connectivity index (χ4v) is 13.0. The zero-order valence-electron chi connectivity index (χ0n) is 68.4. The first-order valence-electron chi connectivity index (χ1n) is 39.2. The van der Waals surface area contributed by atoms with Crippen LogP contribution >= 0.6 is 34.8 Å². The standard InChI is InChI=1S/C24H31ClN4O4.C24H33N5O3.C21H26ClN3O3.C16H16ClN3O2/c1-15(2)26-24-28-19(14-32-24)18-13-21(33-16(3)4)17-5-6-20(22(25)23(17)27-18)31-12-9-29-7-10-30-11-8-29;1-17(2)25-23-7-8-29(27-23)24-16-22(32-18(3)4)20-6-5-19(15-21(20)26-24)31-14-11-28-9-12-30-13-10-28;1-6-9-26-17-8-7-14-18(28-13(4)5)10-15(24-20(14)19(17)22)16-11-27-21(25-16)23-12(2)3;1-10(2)22-13-9-14(20-8-4-7-18-20)19-16-11(13)5-6-12(21-3)15(16)17/h5-6,13-16H,7-12H2,1-4H3,(H,26,28);5-8,15-18H,9-14H2,1-4H3,(H,25,27);7-8,10-13H,6,9H2,1-5H3,(H,23,25);4-10H,1-3H3. The van der Waals surface area contributed by atoms with Crippen LogP contribution in [0, 0.1) is 0 Å². The minimum atomic E-state index is -0.0119. The molecule has 0 atom stereocenters. The van der Waals surface area contributed by atoms with Gasteiger partial charge in [-0.3, -0.25) is 9.80 Å². The Morgan fingerprint density at radius 1 is 0.435 bits per heavy atom. The highest BCUT2D eigenvalue weighted by atomic mass is 35.5. The molecule has 14 rings (SSSR count). The van der Waals surface area contributed by atoms with Crippen molar-refractivity contribution in [2.24, 2.45) is 0 Å². The first kappa shape index (κ1) is 85.7.